The maximum Gasteiger partial charge on any atom is 0.258 e. The number of hydrogen-bond donors (Lipinski definition) is 1. The van der Waals surface area contributed by atoms with E-state index in [4.69, 9.17) is 10.00 Å². The highest BCUT2D eigenvalue weighted by atomic mass is 16.5. The summed E-state index contributed by atoms with van der Waals surface area (Å²) >= 11 is 0. The Hall–Kier alpha value is -2.80. The molecule has 0 atom stereocenters. The zero-order valence-corrected chi connectivity index (χ0v) is 11.8. The Morgan fingerprint density at radius 3 is 2.81 bits per heavy atom. The van der Waals surface area contributed by atoms with Crippen LogP contribution in [0.15, 0.2) is 48.5 Å². The van der Waals surface area contributed by atoms with Gasteiger partial charge in [0.25, 0.3) is 5.91 Å². The monoisotopic (exact) mass is 280 g/mol. The molecule has 0 radical (unpaired) electrons. The number of hydrogen-bond acceptors (Lipinski definition) is 3. The maximum absolute atomic E-state index is 11.8. The van der Waals surface area contributed by atoms with Crippen LogP contribution in [-0.2, 0) is 11.3 Å². The van der Waals surface area contributed by atoms with E-state index in [-0.39, 0.29) is 12.5 Å². The summed E-state index contributed by atoms with van der Waals surface area (Å²) in [7, 11) is 0. The molecule has 0 aliphatic rings. The highest BCUT2D eigenvalue weighted by Crippen LogP contribution is 2.16. The zero-order valence-electron chi connectivity index (χ0n) is 11.8. The molecule has 106 valence electrons. The average molecular weight is 280 g/mol. The summed E-state index contributed by atoms with van der Waals surface area (Å²) in [6, 6.07) is 16.8. The van der Waals surface area contributed by atoms with Gasteiger partial charge in [0.2, 0.25) is 0 Å². The van der Waals surface area contributed by atoms with Gasteiger partial charge in [0.05, 0.1) is 5.56 Å². The molecule has 21 heavy (non-hydrogen) atoms. The van der Waals surface area contributed by atoms with Crippen molar-refractivity contribution < 1.29 is 9.53 Å². The summed E-state index contributed by atoms with van der Waals surface area (Å²) in [4.78, 5) is 11.8. The van der Waals surface area contributed by atoms with Gasteiger partial charge in [-0.1, -0.05) is 42.0 Å². The van der Waals surface area contributed by atoms with Crippen LogP contribution in [0.1, 0.15) is 16.7 Å². The Morgan fingerprint density at radius 2 is 2.05 bits per heavy atom. The molecule has 0 unspecified atom stereocenters. The normalized spacial score (nSPS) is 9.71. The standard InChI is InChI=1S/C17H16N2O2/c1-13-5-4-6-14(9-13)11-19-17(20)12-21-16-8-3-2-7-15(16)10-18/h2-9H,11-12H2,1H3,(H,19,20). The van der Waals surface area contributed by atoms with Gasteiger partial charge in [-0.25, -0.2) is 0 Å². The third kappa shape index (κ3) is 4.36. The van der Waals surface area contributed by atoms with E-state index in [1.165, 1.54) is 0 Å². The van der Waals surface area contributed by atoms with E-state index in [2.05, 4.69) is 5.32 Å². The minimum Gasteiger partial charge on any atom is -0.482 e. The van der Waals surface area contributed by atoms with Crippen molar-refractivity contribution in [1.82, 2.24) is 5.32 Å². The van der Waals surface area contributed by atoms with Crippen LogP contribution in [0, 0.1) is 18.3 Å². The van der Waals surface area contributed by atoms with Gasteiger partial charge < -0.3 is 10.1 Å². The second kappa shape index (κ2) is 7.11. The van der Waals surface area contributed by atoms with E-state index < -0.39 is 0 Å². The molecule has 0 heterocycles. The smallest absolute Gasteiger partial charge is 0.258 e. The molecule has 0 bridgehead atoms. The maximum atomic E-state index is 11.8. The van der Waals surface area contributed by atoms with Gasteiger partial charge in [-0.3, -0.25) is 4.79 Å². The van der Waals surface area contributed by atoms with Crippen molar-refractivity contribution in [2.24, 2.45) is 0 Å². The van der Waals surface area contributed by atoms with E-state index in [1.807, 2.05) is 37.3 Å². The summed E-state index contributed by atoms with van der Waals surface area (Å²) < 4.78 is 5.37. The van der Waals surface area contributed by atoms with Crippen LogP contribution in [0.5, 0.6) is 5.75 Å². The molecule has 4 heteroatoms. The molecule has 2 aromatic rings. The highest BCUT2D eigenvalue weighted by molar-refractivity contribution is 5.77. The topological polar surface area (TPSA) is 62.1 Å². The highest BCUT2D eigenvalue weighted by Gasteiger charge is 2.06. The number of nitrogens with one attached hydrogen (secondary N) is 1. The number of ether oxygens (including phenoxy) is 1. The number of benzene rings is 2. The molecule has 0 spiro atoms. The molecular weight excluding hydrogens is 264 g/mol. The fourth-order valence-corrected chi connectivity index (χ4v) is 1.90. The predicted octanol–water partition coefficient (Wildman–Crippen LogP) is 2.56. The molecule has 1 amide bonds. The van der Waals surface area contributed by atoms with Crippen molar-refractivity contribution in [2.45, 2.75) is 13.5 Å². The number of carbonyl (C=O) groups is 1. The van der Waals surface area contributed by atoms with Gasteiger partial charge in [-0.05, 0) is 24.6 Å². The van der Waals surface area contributed by atoms with Crippen LogP contribution in [0.4, 0.5) is 0 Å². The zero-order chi connectivity index (χ0) is 15.1. The Labute approximate surface area is 124 Å². The Kier molecular flexibility index (Phi) is 4.94. The predicted molar refractivity (Wildman–Crippen MR) is 79.7 cm³/mol. The fraction of sp³-hybridized carbons (Fsp3) is 0.176. The minimum atomic E-state index is -0.218. The first-order chi connectivity index (χ1) is 10.2. The third-order valence-corrected chi connectivity index (χ3v) is 2.94. The van der Waals surface area contributed by atoms with Crippen LogP contribution < -0.4 is 10.1 Å². The number of carbonyl (C=O) groups excluding carboxylic acids is 1. The second-order valence-corrected chi connectivity index (χ2v) is 4.66. The van der Waals surface area contributed by atoms with Crippen molar-refractivity contribution in [3.8, 4) is 11.8 Å². The molecule has 0 aliphatic carbocycles. The first kappa shape index (κ1) is 14.6. The summed E-state index contributed by atoms with van der Waals surface area (Å²) in [5.74, 6) is 0.204. The van der Waals surface area contributed by atoms with E-state index in [9.17, 15) is 4.79 Å². The molecular formula is C17H16N2O2. The largest absolute Gasteiger partial charge is 0.482 e. The van der Waals surface area contributed by atoms with Crippen LogP contribution >= 0.6 is 0 Å². The van der Waals surface area contributed by atoms with Crippen molar-refractivity contribution in [3.63, 3.8) is 0 Å². The summed E-state index contributed by atoms with van der Waals surface area (Å²) in [6.07, 6.45) is 0. The second-order valence-electron chi connectivity index (χ2n) is 4.66. The van der Waals surface area contributed by atoms with Crippen molar-refractivity contribution in [2.75, 3.05) is 6.61 Å². The summed E-state index contributed by atoms with van der Waals surface area (Å²) in [5.41, 5.74) is 2.62. The van der Waals surface area contributed by atoms with Crippen molar-refractivity contribution in [3.05, 3.63) is 65.2 Å². The Balaban J connectivity index is 1.84. The molecule has 2 rings (SSSR count). The lowest BCUT2D eigenvalue weighted by atomic mass is 10.1. The molecule has 4 nitrogen and oxygen atoms in total. The van der Waals surface area contributed by atoms with Gasteiger partial charge in [-0.15, -0.1) is 0 Å². The van der Waals surface area contributed by atoms with Gasteiger partial charge in [0.1, 0.15) is 11.8 Å². The number of amides is 1. The van der Waals surface area contributed by atoms with Gasteiger partial charge in [0.15, 0.2) is 6.61 Å². The van der Waals surface area contributed by atoms with E-state index >= 15 is 0 Å². The van der Waals surface area contributed by atoms with E-state index in [1.54, 1.807) is 24.3 Å². The van der Waals surface area contributed by atoms with Crippen LogP contribution in [-0.4, -0.2) is 12.5 Å². The van der Waals surface area contributed by atoms with Crippen LogP contribution in [0.2, 0.25) is 0 Å². The van der Waals surface area contributed by atoms with Gasteiger partial charge >= 0.3 is 0 Å². The van der Waals surface area contributed by atoms with E-state index in [0.717, 1.165) is 11.1 Å². The van der Waals surface area contributed by atoms with Gasteiger partial charge in [0, 0.05) is 6.54 Å². The van der Waals surface area contributed by atoms with E-state index in [0.29, 0.717) is 17.9 Å². The number of aryl methyl sites for hydroxylation is 1. The lowest BCUT2D eigenvalue weighted by Gasteiger charge is -2.09. The lowest BCUT2D eigenvalue weighted by Crippen LogP contribution is -2.28. The molecule has 0 aliphatic heterocycles. The number of rotatable bonds is 5. The number of nitriles is 1. The SMILES string of the molecule is Cc1cccc(CNC(=O)COc2ccccc2C#N)c1. The molecule has 0 fully saturated rings. The average Bonchev–Trinajstić information content (AvgIpc) is 2.51. The number of para-hydroxylation sites is 1. The van der Waals surface area contributed by atoms with Gasteiger partial charge in [-0.2, -0.15) is 5.26 Å². The van der Waals surface area contributed by atoms with Crippen molar-refractivity contribution >= 4 is 5.91 Å². The fourth-order valence-electron chi connectivity index (χ4n) is 1.90. The first-order valence-corrected chi connectivity index (χ1v) is 6.63. The van der Waals surface area contributed by atoms with Crippen LogP contribution in [0.25, 0.3) is 0 Å². The molecule has 2 aromatic carbocycles. The van der Waals surface area contributed by atoms with Crippen molar-refractivity contribution in [1.29, 1.82) is 5.26 Å². The molecule has 0 saturated heterocycles. The minimum absolute atomic E-state index is 0.107. The molecule has 1 N–H and O–H groups in total. The summed E-state index contributed by atoms with van der Waals surface area (Å²) in [6.45, 7) is 2.36. The molecule has 0 aromatic heterocycles. The number of nitrogens with zero attached hydrogens (tertiary/aromatic N) is 1. The Bertz CT molecular complexity index is 674. The lowest BCUT2D eigenvalue weighted by molar-refractivity contribution is -0.123. The molecule has 0 saturated carbocycles. The quantitative estimate of drug-likeness (QED) is 0.915. The van der Waals surface area contributed by atoms with Crippen LogP contribution in [0.3, 0.4) is 0 Å². The summed E-state index contributed by atoms with van der Waals surface area (Å²) in [5, 5.41) is 11.7. The third-order valence-electron chi connectivity index (χ3n) is 2.94. The first-order valence-electron chi connectivity index (χ1n) is 6.63. The Morgan fingerprint density at radius 1 is 1.24 bits per heavy atom.